The molecule has 3 heterocycles. The van der Waals surface area contributed by atoms with Gasteiger partial charge in [-0.1, -0.05) is 0 Å². The van der Waals surface area contributed by atoms with Crippen LogP contribution in [0.3, 0.4) is 0 Å². The van der Waals surface area contributed by atoms with Crippen LogP contribution in [0.25, 0.3) is 0 Å². The van der Waals surface area contributed by atoms with Crippen LogP contribution in [0.1, 0.15) is 32.3 Å². The third-order valence-electron chi connectivity index (χ3n) is 4.35. The van der Waals surface area contributed by atoms with E-state index in [1.165, 1.54) is 5.56 Å². The highest BCUT2D eigenvalue weighted by molar-refractivity contribution is 7.07. The maximum Gasteiger partial charge on any atom is 0.249 e. The van der Waals surface area contributed by atoms with Crippen LogP contribution in [0.2, 0.25) is 0 Å². The van der Waals surface area contributed by atoms with Crippen LogP contribution in [-0.2, 0) is 16.1 Å². The Balaban J connectivity index is 1.53. The molecule has 116 valence electrons. The van der Waals surface area contributed by atoms with Gasteiger partial charge in [0.25, 0.3) is 0 Å². The number of hydrogen-bond donors (Lipinski definition) is 1. The summed E-state index contributed by atoms with van der Waals surface area (Å²) >= 11 is 1.75. The van der Waals surface area contributed by atoms with Gasteiger partial charge in [0.1, 0.15) is 6.10 Å². The summed E-state index contributed by atoms with van der Waals surface area (Å²) in [5, 5.41) is 7.30. The Morgan fingerprint density at radius 3 is 3.14 bits per heavy atom. The Labute approximate surface area is 130 Å². The molecule has 0 bridgehead atoms. The highest BCUT2D eigenvalue weighted by atomic mass is 32.1. The van der Waals surface area contributed by atoms with Gasteiger partial charge in [0.2, 0.25) is 5.91 Å². The molecule has 4 nitrogen and oxygen atoms in total. The van der Waals surface area contributed by atoms with Gasteiger partial charge in [-0.25, -0.2) is 0 Å². The molecule has 3 rings (SSSR count). The van der Waals surface area contributed by atoms with E-state index in [2.05, 4.69) is 27.0 Å². The maximum atomic E-state index is 12.1. The molecule has 0 radical (unpaired) electrons. The minimum absolute atomic E-state index is 0.0591. The second kappa shape index (κ2) is 6.46. The molecule has 0 saturated carbocycles. The van der Waals surface area contributed by atoms with Crippen molar-refractivity contribution in [3.8, 4) is 0 Å². The molecule has 2 aliphatic rings. The van der Waals surface area contributed by atoms with Crippen molar-refractivity contribution in [3.05, 3.63) is 22.4 Å². The van der Waals surface area contributed by atoms with E-state index in [1.54, 1.807) is 11.3 Å². The van der Waals surface area contributed by atoms with Crippen molar-refractivity contribution in [1.82, 2.24) is 10.2 Å². The summed E-state index contributed by atoms with van der Waals surface area (Å²) in [5.41, 5.74) is 1.38. The van der Waals surface area contributed by atoms with Gasteiger partial charge in [0.15, 0.2) is 0 Å². The molecular formula is C16H24N2O2S. The Kier molecular flexibility index (Phi) is 4.62. The summed E-state index contributed by atoms with van der Waals surface area (Å²) in [7, 11) is 0. The summed E-state index contributed by atoms with van der Waals surface area (Å²) in [6, 6.07) is 2.37. The molecule has 1 N–H and O–H groups in total. The van der Waals surface area contributed by atoms with Crippen LogP contribution in [0.4, 0.5) is 0 Å². The zero-order chi connectivity index (χ0) is 14.8. The lowest BCUT2D eigenvalue weighted by Gasteiger charge is -2.33. The van der Waals surface area contributed by atoms with Crippen LogP contribution >= 0.6 is 11.3 Å². The fraction of sp³-hybridized carbons (Fsp3) is 0.688. The minimum Gasteiger partial charge on any atom is -0.364 e. The molecule has 0 aliphatic carbocycles. The first-order valence-corrected chi connectivity index (χ1v) is 8.75. The largest absolute Gasteiger partial charge is 0.364 e. The SMILES string of the molecule is CC(C)NC(=O)[C@H]1C[C@@H]2CCN(Cc3ccsc3)C[C@H]2O1. The number of fused-ring (bicyclic) bond motifs is 1. The van der Waals surface area contributed by atoms with Crippen molar-refractivity contribution in [2.24, 2.45) is 5.92 Å². The fourth-order valence-electron chi connectivity index (χ4n) is 3.33. The van der Waals surface area contributed by atoms with Crippen molar-refractivity contribution in [1.29, 1.82) is 0 Å². The first-order valence-electron chi connectivity index (χ1n) is 7.81. The minimum atomic E-state index is -0.247. The fourth-order valence-corrected chi connectivity index (χ4v) is 3.98. The molecule has 2 fully saturated rings. The second-order valence-corrected chi connectivity index (χ2v) is 7.26. The molecule has 0 spiro atoms. The quantitative estimate of drug-likeness (QED) is 0.927. The standard InChI is InChI=1S/C16H24N2O2S/c1-11(2)17-16(19)14-7-13-3-5-18(9-15(13)20-14)8-12-4-6-21-10-12/h4,6,10-11,13-15H,3,5,7-9H2,1-2H3,(H,17,19)/t13-,14+,15+/m0/s1. The van der Waals surface area contributed by atoms with Gasteiger partial charge in [0.05, 0.1) is 6.10 Å². The zero-order valence-electron chi connectivity index (χ0n) is 12.7. The van der Waals surface area contributed by atoms with Gasteiger partial charge in [-0.3, -0.25) is 9.69 Å². The lowest BCUT2D eigenvalue weighted by atomic mass is 9.91. The second-order valence-electron chi connectivity index (χ2n) is 6.48. The third kappa shape index (κ3) is 3.65. The predicted molar refractivity (Wildman–Crippen MR) is 84.3 cm³/mol. The molecule has 0 unspecified atom stereocenters. The third-order valence-corrected chi connectivity index (χ3v) is 5.08. The Morgan fingerprint density at radius 1 is 1.57 bits per heavy atom. The van der Waals surface area contributed by atoms with E-state index in [9.17, 15) is 4.79 Å². The number of nitrogens with zero attached hydrogens (tertiary/aromatic N) is 1. The lowest BCUT2D eigenvalue weighted by molar-refractivity contribution is -0.133. The monoisotopic (exact) mass is 308 g/mol. The van der Waals surface area contributed by atoms with E-state index in [1.807, 2.05) is 13.8 Å². The van der Waals surface area contributed by atoms with Crippen LogP contribution in [0.5, 0.6) is 0 Å². The molecule has 2 aliphatic heterocycles. The molecule has 0 aromatic carbocycles. The normalized spacial score (nSPS) is 29.6. The van der Waals surface area contributed by atoms with E-state index in [4.69, 9.17) is 4.74 Å². The van der Waals surface area contributed by atoms with Crippen molar-refractivity contribution >= 4 is 17.2 Å². The number of ether oxygens (including phenoxy) is 1. The molecule has 21 heavy (non-hydrogen) atoms. The topological polar surface area (TPSA) is 41.6 Å². The number of likely N-dealkylation sites (tertiary alicyclic amines) is 1. The summed E-state index contributed by atoms with van der Waals surface area (Å²) in [4.78, 5) is 14.5. The Morgan fingerprint density at radius 2 is 2.43 bits per heavy atom. The van der Waals surface area contributed by atoms with Crippen molar-refractivity contribution < 1.29 is 9.53 Å². The van der Waals surface area contributed by atoms with Crippen molar-refractivity contribution in [3.63, 3.8) is 0 Å². The molecule has 1 aromatic heterocycles. The van der Waals surface area contributed by atoms with Gasteiger partial charge < -0.3 is 10.1 Å². The summed E-state index contributed by atoms with van der Waals surface area (Å²) in [6.07, 6.45) is 2.00. The number of thiophene rings is 1. The molecule has 3 atom stereocenters. The lowest BCUT2D eigenvalue weighted by Crippen LogP contribution is -2.42. The van der Waals surface area contributed by atoms with Crippen LogP contribution in [0.15, 0.2) is 16.8 Å². The van der Waals surface area contributed by atoms with E-state index in [0.29, 0.717) is 5.92 Å². The first-order chi connectivity index (χ1) is 10.1. The molecule has 5 heteroatoms. The number of nitrogens with one attached hydrogen (secondary N) is 1. The van der Waals surface area contributed by atoms with E-state index in [0.717, 1.165) is 32.5 Å². The highest BCUT2D eigenvalue weighted by Crippen LogP contribution is 2.33. The number of rotatable bonds is 4. The Hall–Kier alpha value is -0.910. The molecule has 2 saturated heterocycles. The average molecular weight is 308 g/mol. The van der Waals surface area contributed by atoms with Gasteiger partial charge in [0, 0.05) is 19.1 Å². The summed E-state index contributed by atoms with van der Waals surface area (Å²) in [5.74, 6) is 0.607. The number of piperidine rings is 1. The Bertz CT molecular complexity index is 475. The van der Waals surface area contributed by atoms with Crippen LogP contribution in [-0.4, -0.2) is 42.1 Å². The number of carbonyl (C=O) groups excluding carboxylic acids is 1. The molecule has 1 aromatic rings. The van der Waals surface area contributed by atoms with Gasteiger partial charge in [-0.05, 0) is 61.5 Å². The molecule has 1 amide bonds. The smallest absolute Gasteiger partial charge is 0.249 e. The van der Waals surface area contributed by atoms with Gasteiger partial charge in [-0.15, -0.1) is 0 Å². The summed E-state index contributed by atoms with van der Waals surface area (Å²) in [6.45, 7) is 7.04. The van der Waals surface area contributed by atoms with E-state index in [-0.39, 0.29) is 24.2 Å². The predicted octanol–water partition coefficient (Wildman–Crippen LogP) is 2.25. The number of amides is 1. The first kappa shape index (κ1) is 15.0. The van der Waals surface area contributed by atoms with Crippen LogP contribution in [0, 0.1) is 5.92 Å². The number of carbonyl (C=O) groups is 1. The zero-order valence-corrected chi connectivity index (χ0v) is 13.6. The highest BCUT2D eigenvalue weighted by Gasteiger charge is 2.41. The van der Waals surface area contributed by atoms with Crippen molar-refractivity contribution in [2.45, 2.75) is 51.5 Å². The van der Waals surface area contributed by atoms with E-state index >= 15 is 0 Å². The maximum absolute atomic E-state index is 12.1. The van der Waals surface area contributed by atoms with Crippen molar-refractivity contribution in [2.75, 3.05) is 13.1 Å². The number of hydrogen-bond acceptors (Lipinski definition) is 4. The van der Waals surface area contributed by atoms with Crippen LogP contribution < -0.4 is 5.32 Å². The average Bonchev–Trinajstić information content (AvgIpc) is 3.06. The molecular weight excluding hydrogens is 284 g/mol. The summed E-state index contributed by atoms with van der Waals surface area (Å²) < 4.78 is 6.03. The van der Waals surface area contributed by atoms with Gasteiger partial charge in [-0.2, -0.15) is 11.3 Å². The van der Waals surface area contributed by atoms with Gasteiger partial charge >= 0.3 is 0 Å². The van der Waals surface area contributed by atoms with E-state index < -0.39 is 0 Å².